The third-order valence-electron chi connectivity index (χ3n) is 6.58. The molecule has 6 heteroatoms. The molecule has 0 aromatic heterocycles. The van der Waals surface area contributed by atoms with E-state index in [1.807, 2.05) is 67.3 Å². The maximum Gasteiger partial charge on any atom is 0.228 e. The predicted octanol–water partition coefficient (Wildman–Crippen LogP) is 3.21. The average molecular weight is 434 g/mol. The Kier molecular flexibility index (Phi) is 6.58. The second kappa shape index (κ2) is 9.55. The van der Waals surface area contributed by atoms with Gasteiger partial charge in [-0.15, -0.1) is 0 Å². The topological polar surface area (TPSA) is 69.7 Å². The summed E-state index contributed by atoms with van der Waals surface area (Å²) in [7, 11) is 0. The number of likely N-dealkylation sites (tertiary alicyclic amines) is 1. The zero-order valence-corrected chi connectivity index (χ0v) is 18.8. The largest absolute Gasteiger partial charge is 0.352 e. The molecule has 2 heterocycles. The Hall–Kier alpha value is -3.15. The molecule has 0 aliphatic carbocycles. The Morgan fingerprint density at radius 1 is 0.906 bits per heavy atom. The maximum atomic E-state index is 13.0. The number of anilines is 1. The van der Waals surface area contributed by atoms with Crippen molar-refractivity contribution in [3.8, 4) is 0 Å². The number of carbonyl (C=O) groups is 3. The fourth-order valence-electron chi connectivity index (χ4n) is 4.51. The molecule has 1 atom stereocenters. The van der Waals surface area contributed by atoms with Crippen LogP contribution in [0.15, 0.2) is 48.5 Å². The molecule has 2 aliphatic heterocycles. The van der Waals surface area contributed by atoms with E-state index < -0.39 is 0 Å². The van der Waals surface area contributed by atoms with Crippen LogP contribution in [0.1, 0.15) is 36.0 Å². The molecule has 2 saturated heterocycles. The second-order valence-electron chi connectivity index (χ2n) is 9.04. The van der Waals surface area contributed by atoms with Gasteiger partial charge in [-0.1, -0.05) is 47.5 Å². The van der Waals surface area contributed by atoms with Crippen molar-refractivity contribution in [2.24, 2.45) is 11.8 Å². The van der Waals surface area contributed by atoms with Gasteiger partial charge in [0.2, 0.25) is 17.7 Å². The molecule has 168 valence electrons. The van der Waals surface area contributed by atoms with E-state index >= 15 is 0 Å². The first-order valence-corrected chi connectivity index (χ1v) is 11.4. The van der Waals surface area contributed by atoms with Gasteiger partial charge in [-0.25, -0.2) is 0 Å². The summed E-state index contributed by atoms with van der Waals surface area (Å²) in [5, 5.41) is 3.03. The maximum absolute atomic E-state index is 13.0. The van der Waals surface area contributed by atoms with Gasteiger partial charge >= 0.3 is 0 Å². The summed E-state index contributed by atoms with van der Waals surface area (Å²) in [6.45, 7) is 6.13. The molecule has 0 bridgehead atoms. The lowest BCUT2D eigenvalue weighted by Gasteiger charge is -2.33. The van der Waals surface area contributed by atoms with Gasteiger partial charge in [0.15, 0.2) is 0 Å². The summed E-state index contributed by atoms with van der Waals surface area (Å²) < 4.78 is 0. The second-order valence-corrected chi connectivity index (χ2v) is 9.04. The Labute approximate surface area is 189 Å². The number of aryl methyl sites for hydroxylation is 2. The molecule has 0 unspecified atom stereocenters. The van der Waals surface area contributed by atoms with Crippen LogP contribution in [0.4, 0.5) is 5.69 Å². The summed E-state index contributed by atoms with van der Waals surface area (Å²) in [5.41, 5.74) is 4.27. The van der Waals surface area contributed by atoms with Crippen LogP contribution in [-0.4, -0.2) is 42.3 Å². The normalized spacial score (nSPS) is 19.3. The molecule has 2 aliphatic rings. The predicted molar refractivity (Wildman–Crippen MR) is 124 cm³/mol. The van der Waals surface area contributed by atoms with Crippen molar-refractivity contribution < 1.29 is 14.4 Å². The molecule has 0 radical (unpaired) electrons. The molecular formula is C26H31N3O3. The minimum atomic E-state index is -0.310. The average Bonchev–Trinajstić information content (AvgIpc) is 3.20. The van der Waals surface area contributed by atoms with Crippen molar-refractivity contribution in [1.29, 1.82) is 0 Å². The first kappa shape index (κ1) is 22.1. The van der Waals surface area contributed by atoms with Crippen LogP contribution >= 0.6 is 0 Å². The number of piperidine rings is 1. The molecule has 6 nitrogen and oxygen atoms in total. The summed E-state index contributed by atoms with van der Waals surface area (Å²) in [6, 6.07) is 16.0. The van der Waals surface area contributed by atoms with Gasteiger partial charge in [-0.05, 0) is 44.4 Å². The van der Waals surface area contributed by atoms with E-state index in [1.54, 1.807) is 4.90 Å². The van der Waals surface area contributed by atoms with E-state index in [0.717, 1.165) is 16.8 Å². The van der Waals surface area contributed by atoms with Crippen LogP contribution in [0, 0.1) is 25.7 Å². The van der Waals surface area contributed by atoms with Gasteiger partial charge in [0.25, 0.3) is 0 Å². The lowest BCUT2D eigenvalue weighted by atomic mass is 9.94. The van der Waals surface area contributed by atoms with Crippen LogP contribution in [-0.2, 0) is 20.9 Å². The molecule has 0 spiro atoms. The molecule has 2 aromatic carbocycles. The van der Waals surface area contributed by atoms with Crippen LogP contribution in [0.3, 0.4) is 0 Å². The molecule has 1 N–H and O–H groups in total. The third-order valence-corrected chi connectivity index (χ3v) is 6.58. The number of carbonyl (C=O) groups excluding carboxylic acids is 3. The van der Waals surface area contributed by atoms with Crippen LogP contribution in [0.2, 0.25) is 0 Å². The van der Waals surface area contributed by atoms with E-state index in [-0.39, 0.29) is 36.0 Å². The van der Waals surface area contributed by atoms with Crippen molar-refractivity contribution in [3.63, 3.8) is 0 Å². The highest BCUT2D eigenvalue weighted by atomic mass is 16.2. The SMILES string of the molecule is Cc1ccc(CNC(=O)C2CCN(C(=O)[C@@H]3CC(=O)N(c4ccc(C)cc4)C3)CC2)cc1. The van der Waals surface area contributed by atoms with Gasteiger partial charge < -0.3 is 15.1 Å². The first-order chi connectivity index (χ1) is 15.4. The van der Waals surface area contributed by atoms with Gasteiger partial charge in [0.1, 0.15) is 0 Å². The monoisotopic (exact) mass is 433 g/mol. The standard InChI is InChI=1S/C26H31N3O3/c1-18-3-7-20(8-4-18)16-27-25(31)21-11-13-28(14-12-21)26(32)22-15-24(30)29(17-22)23-9-5-19(2)6-10-23/h3-10,21-22H,11-17H2,1-2H3,(H,27,31)/t22-/m1/s1. The number of hydrogen-bond acceptors (Lipinski definition) is 3. The van der Waals surface area contributed by atoms with Crippen molar-refractivity contribution in [2.45, 2.75) is 39.7 Å². The van der Waals surface area contributed by atoms with Gasteiger partial charge in [-0.3, -0.25) is 14.4 Å². The quantitative estimate of drug-likeness (QED) is 0.787. The lowest BCUT2D eigenvalue weighted by Crippen LogP contribution is -2.45. The fraction of sp³-hybridized carbons (Fsp3) is 0.423. The highest BCUT2D eigenvalue weighted by molar-refractivity contribution is 6.00. The molecule has 0 saturated carbocycles. The Morgan fingerprint density at radius 3 is 2.12 bits per heavy atom. The van der Waals surface area contributed by atoms with Crippen LogP contribution in [0.5, 0.6) is 0 Å². The van der Waals surface area contributed by atoms with E-state index in [1.165, 1.54) is 5.56 Å². The minimum absolute atomic E-state index is 0.00225. The van der Waals surface area contributed by atoms with Crippen LogP contribution < -0.4 is 10.2 Å². The summed E-state index contributed by atoms with van der Waals surface area (Å²) >= 11 is 0. The molecular weight excluding hydrogens is 402 g/mol. The number of amides is 3. The summed E-state index contributed by atoms with van der Waals surface area (Å²) in [5.74, 6) is -0.294. The number of nitrogens with zero attached hydrogens (tertiary/aromatic N) is 2. The third kappa shape index (κ3) is 5.01. The Balaban J connectivity index is 1.26. The summed E-state index contributed by atoms with van der Waals surface area (Å²) in [6.07, 6.45) is 1.57. The van der Waals surface area contributed by atoms with Crippen molar-refractivity contribution in [2.75, 3.05) is 24.5 Å². The Morgan fingerprint density at radius 2 is 1.50 bits per heavy atom. The smallest absolute Gasteiger partial charge is 0.228 e. The molecule has 3 amide bonds. The van der Waals surface area contributed by atoms with Gasteiger partial charge in [-0.2, -0.15) is 0 Å². The zero-order chi connectivity index (χ0) is 22.7. The lowest BCUT2D eigenvalue weighted by molar-refractivity contribution is -0.139. The van der Waals surface area contributed by atoms with E-state index in [9.17, 15) is 14.4 Å². The first-order valence-electron chi connectivity index (χ1n) is 11.4. The van der Waals surface area contributed by atoms with E-state index in [2.05, 4.69) is 5.32 Å². The van der Waals surface area contributed by atoms with Gasteiger partial charge in [0, 0.05) is 44.2 Å². The van der Waals surface area contributed by atoms with Crippen molar-refractivity contribution >= 4 is 23.4 Å². The molecule has 4 rings (SSSR count). The number of hydrogen-bond donors (Lipinski definition) is 1. The van der Waals surface area contributed by atoms with Crippen molar-refractivity contribution in [3.05, 3.63) is 65.2 Å². The molecule has 2 fully saturated rings. The van der Waals surface area contributed by atoms with Crippen molar-refractivity contribution in [1.82, 2.24) is 10.2 Å². The number of nitrogens with one attached hydrogen (secondary N) is 1. The summed E-state index contributed by atoms with van der Waals surface area (Å²) in [4.78, 5) is 41.7. The zero-order valence-electron chi connectivity index (χ0n) is 18.8. The number of rotatable bonds is 5. The van der Waals surface area contributed by atoms with E-state index in [4.69, 9.17) is 0 Å². The highest BCUT2D eigenvalue weighted by Gasteiger charge is 2.38. The minimum Gasteiger partial charge on any atom is -0.352 e. The number of benzene rings is 2. The Bertz CT molecular complexity index is 976. The highest BCUT2D eigenvalue weighted by Crippen LogP contribution is 2.28. The molecule has 32 heavy (non-hydrogen) atoms. The van der Waals surface area contributed by atoms with Crippen LogP contribution in [0.25, 0.3) is 0 Å². The van der Waals surface area contributed by atoms with Gasteiger partial charge in [0.05, 0.1) is 5.92 Å². The fourth-order valence-corrected chi connectivity index (χ4v) is 4.51. The van der Waals surface area contributed by atoms with E-state index in [0.29, 0.717) is 39.0 Å². The molecule has 2 aromatic rings.